The first-order chi connectivity index (χ1) is 11.0. The van der Waals surface area contributed by atoms with Gasteiger partial charge in [0, 0.05) is 18.7 Å². The lowest BCUT2D eigenvalue weighted by molar-refractivity contribution is -0.140. The van der Waals surface area contributed by atoms with Gasteiger partial charge in [-0.05, 0) is 37.1 Å². The Labute approximate surface area is 137 Å². The lowest BCUT2D eigenvalue weighted by atomic mass is 10.1. The van der Waals surface area contributed by atoms with Crippen molar-refractivity contribution in [1.29, 1.82) is 0 Å². The van der Waals surface area contributed by atoms with Gasteiger partial charge in [0.1, 0.15) is 0 Å². The first-order valence-corrected chi connectivity index (χ1v) is 7.61. The molecular formula is C17H25NO5. The Morgan fingerprint density at radius 3 is 2.48 bits per heavy atom. The molecule has 0 bridgehead atoms. The van der Waals surface area contributed by atoms with E-state index in [0.717, 1.165) is 11.1 Å². The molecule has 6 nitrogen and oxygen atoms in total. The molecule has 0 unspecified atom stereocenters. The number of benzene rings is 1. The molecule has 0 aromatic heterocycles. The number of rotatable bonds is 9. The van der Waals surface area contributed by atoms with Crippen LogP contribution in [0.5, 0.6) is 0 Å². The van der Waals surface area contributed by atoms with E-state index in [2.05, 4.69) is 4.74 Å². The normalized spacial score (nSPS) is 10.4. The summed E-state index contributed by atoms with van der Waals surface area (Å²) in [6.45, 7) is 5.02. The fourth-order valence-electron chi connectivity index (χ4n) is 2.04. The minimum absolute atomic E-state index is 0.0622. The predicted octanol–water partition coefficient (Wildman–Crippen LogP) is 1.32. The Bertz CT molecular complexity index is 530. The molecule has 0 saturated carbocycles. The van der Waals surface area contributed by atoms with Crippen LogP contribution in [0.4, 0.5) is 0 Å². The third-order valence-corrected chi connectivity index (χ3v) is 3.60. The standard InChI is InChI=1S/C17H25NO5/c1-13-4-5-15(12-14(13)2)17(21)18(7-6-16(20)22-3)8-10-23-11-9-19/h4-5,12,19H,6-11H2,1-3H3. The van der Waals surface area contributed by atoms with Gasteiger partial charge in [0.2, 0.25) is 0 Å². The highest BCUT2D eigenvalue weighted by molar-refractivity contribution is 5.94. The molecule has 0 radical (unpaired) electrons. The molecule has 1 N–H and O–H groups in total. The van der Waals surface area contributed by atoms with Gasteiger partial charge in [-0.15, -0.1) is 0 Å². The van der Waals surface area contributed by atoms with Crippen molar-refractivity contribution >= 4 is 11.9 Å². The second-order valence-electron chi connectivity index (χ2n) is 5.25. The van der Waals surface area contributed by atoms with E-state index in [1.165, 1.54) is 7.11 Å². The molecule has 1 aromatic carbocycles. The number of aliphatic hydroxyl groups excluding tert-OH is 1. The van der Waals surface area contributed by atoms with E-state index in [1.54, 1.807) is 11.0 Å². The summed E-state index contributed by atoms with van der Waals surface area (Å²) in [4.78, 5) is 25.5. The molecule has 0 saturated heterocycles. The van der Waals surface area contributed by atoms with Gasteiger partial charge in [0.15, 0.2) is 0 Å². The molecular weight excluding hydrogens is 298 g/mol. The van der Waals surface area contributed by atoms with E-state index in [0.29, 0.717) is 18.7 Å². The van der Waals surface area contributed by atoms with Crippen LogP contribution in [0.1, 0.15) is 27.9 Å². The zero-order valence-electron chi connectivity index (χ0n) is 14.0. The second-order valence-corrected chi connectivity index (χ2v) is 5.25. The van der Waals surface area contributed by atoms with Crippen molar-refractivity contribution in [3.05, 3.63) is 34.9 Å². The van der Waals surface area contributed by atoms with Crippen LogP contribution in [0.25, 0.3) is 0 Å². The molecule has 23 heavy (non-hydrogen) atoms. The Kier molecular flexibility index (Phi) is 8.29. The van der Waals surface area contributed by atoms with Crippen LogP contribution in [-0.2, 0) is 14.3 Å². The van der Waals surface area contributed by atoms with Crippen molar-refractivity contribution in [1.82, 2.24) is 4.90 Å². The van der Waals surface area contributed by atoms with Crippen molar-refractivity contribution in [3.63, 3.8) is 0 Å². The van der Waals surface area contributed by atoms with E-state index in [-0.39, 0.29) is 38.1 Å². The summed E-state index contributed by atoms with van der Waals surface area (Å²) in [5.74, 6) is -0.510. The number of carbonyl (C=O) groups is 2. The van der Waals surface area contributed by atoms with Crippen LogP contribution in [0, 0.1) is 13.8 Å². The van der Waals surface area contributed by atoms with Crippen LogP contribution in [0.2, 0.25) is 0 Å². The number of nitrogens with zero attached hydrogens (tertiary/aromatic N) is 1. The molecule has 0 aliphatic heterocycles. The Balaban J connectivity index is 2.76. The SMILES string of the molecule is COC(=O)CCN(CCOCCO)C(=O)c1ccc(C)c(C)c1. The number of aliphatic hydroxyl groups is 1. The first kappa shape index (κ1) is 19.1. The highest BCUT2D eigenvalue weighted by Gasteiger charge is 2.17. The van der Waals surface area contributed by atoms with Crippen molar-refractivity contribution in [3.8, 4) is 0 Å². The fourth-order valence-corrected chi connectivity index (χ4v) is 2.04. The molecule has 6 heteroatoms. The molecule has 1 amide bonds. The van der Waals surface area contributed by atoms with Gasteiger partial charge in [0.25, 0.3) is 5.91 Å². The second kappa shape index (κ2) is 9.97. The van der Waals surface area contributed by atoms with Gasteiger partial charge in [-0.25, -0.2) is 0 Å². The number of esters is 1. The summed E-state index contributed by atoms with van der Waals surface area (Å²) in [6.07, 6.45) is 0.132. The average Bonchev–Trinajstić information content (AvgIpc) is 2.55. The summed E-state index contributed by atoms with van der Waals surface area (Å²) in [5.41, 5.74) is 2.74. The number of hydrogen-bond donors (Lipinski definition) is 1. The van der Waals surface area contributed by atoms with Gasteiger partial charge < -0.3 is 19.5 Å². The van der Waals surface area contributed by atoms with E-state index >= 15 is 0 Å². The van der Waals surface area contributed by atoms with Crippen molar-refractivity contribution in [2.75, 3.05) is 40.0 Å². The number of amides is 1. The minimum atomic E-state index is -0.362. The molecule has 0 fully saturated rings. The maximum absolute atomic E-state index is 12.6. The summed E-state index contributed by atoms with van der Waals surface area (Å²) < 4.78 is 9.84. The van der Waals surface area contributed by atoms with Crippen molar-refractivity contribution in [2.24, 2.45) is 0 Å². The van der Waals surface area contributed by atoms with Gasteiger partial charge in [-0.1, -0.05) is 6.07 Å². The van der Waals surface area contributed by atoms with E-state index in [4.69, 9.17) is 9.84 Å². The molecule has 0 atom stereocenters. The number of aryl methyl sites for hydroxylation is 2. The van der Waals surface area contributed by atoms with Crippen molar-refractivity contribution < 1.29 is 24.2 Å². The molecule has 0 aliphatic rings. The zero-order chi connectivity index (χ0) is 17.2. The maximum Gasteiger partial charge on any atom is 0.307 e. The molecule has 1 aromatic rings. The zero-order valence-corrected chi connectivity index (χ0v) is 14.0. The monoisotopic (exact) mass is 323 g/mol. The number of ether oxygens (including phenoxy) is 2. The van der Waals surface area contributed by atoms with Crippen LogP contribution in [0.15, 0.2) is 18.2 Å². The molecule has 0 spiro atoms. The largest absolute Gasteiger partial charge is 0.469 e. The van der Waals surface area contributed by atoms with Gasteiger partial charge in [0.05, 0.1) is 33.4 Å². The Morgan fingerprint density at radius 2 is 1.87 bits per heavy atom. The maximum atomic E-state index is 12.6. The molecule has 128 valence electrons. The number of hydrogen-bond acceptors (Lipinski definition) is 5. The van der Waals surface area contributed by atoms with Gasteiger partial charge in [-0.2, -0.15) is 0 Å². The predicted molar refractivity (Wildman–Crippen MR) is 86.4 cm³/mol. The highest BCUT2D eigenvalue weighted by atomic mass is 16.5. The Morgan fingerprint density at radius 1 is 1.13 bits per heavy atom. The first-order valence-electron chi connectivity index (χ1n) is 7.61. The topological polar surface area (TPSA) is 76.1 Å². The van der Waals surface area contributed by atoms with E-state index in [9.17, 15) is 9.59 Å². The quantitative estimate of drug-likeness (QED) is 0.548. The van der Waals surface area contributed by atoms with Gasteiger partial charge in [-0.3, -0.25) is 9.59 Å². The van der Waals surface area contributed by atoms with Crippen LogP contribution >= 0.6 is 0 Å². The van der Waals surface area contributed by atoms with Gasteiger partial charge >= 0.3 is 5.97 Å². The number of methoxy groups -OCH3 is 1. The lowest BCUT2D eigenvalue weighted by Crippen LogP contribution is -2.36. The molecule has 1 rings (SSSR count). The summed E-state index contributed by atoms with van der Waals surface area (Å²) in [7, 11) is 1.32. The summed E-state index contributed by atoms with van der Waals surface area (Å²) in [5, 5.41) is 8.72. The van der Waals surface area contributed by atoms with Crippen molar-refractivity contribution in [2.45, 2.75) is 20.3 Å². The highest BCUT2D eigenvalue weighted by Crippen LogP contribution is 2.12. The average molecular weight is 323 g/mol. The summed E-state index contributed by atoms with van der Waals surface area (Å²) >= 11 is 0. The smallest absolute Gasteiger partial charge is 0.307 e. The Hall–Kier alpha value is -1.92. The minimum Gasteiger partial charge on any atom is -0.469 e. The van der Waals surface area contributed by atoms with Crippen LogP contribution in [-0.4, -0.2) is 61.9 Å². The van der Waals surface area contributed by atoms with E-state index in [1.807, 2.05) is 26.0 Å². The van der Waals surface area contributed by atoms with Crippen LogP contribution < -0.4 is 0 Å². The molecule has 0 heterocycles. The third-order valence-electron chi connectivity index (χ3n) is 3.60. The van der Waals surface area contributed by atoms with E-state index < -0.39 is 0 Å². The fraction of sp³-hybridized carbons (Fsp3) is 0.529. The van der Waals surface area contributed by atoms with Crippen LogP contribution in [0.3, 0.4) is 0 Å². The summed E-state index contributed by atoms with van der Waals surface area (Å²) in [6, 6.07) is 5.53. The third kappa shape index (κ3) is 6.38. The number of carbonyl (C=O) groups excluding carboxylic acids is 2. The molecule has 0 aliphatic carbocycles. The lowest BCUT2D eigenvalue weighted by Gasteiger charge is -2.22.